The highest BCUT2D eigenvalue weighted by Crippen LogP contribution is 2.63. The number of carbonyl (C=O) groups excluding carboxylic acids is 2. The average molecular weight is 236 g/mol. The molecule has 4 heteroatoms. The van der Waals surface area contributed by atoms with Crippen molar-refractivity contribution >= 4 is 11.9 Å². The van der Waals surface area contributed by atoms with Gasteiger partial charge in [-0.15, -0.1) is 0 Å². The van der Waals surface area contributed by atoms with Gasteiger partial charge in [-0.05, 0) is 31.1 Å². The Morgan fingerprint density at radius 1 is 0.941 bits per heavy atom. The van der Waals surface area contributed by atoms with E-state index < -0.39 is 0 Å². The predicted molar refractivity (Wildman–Crippen MR) is 58.9 cm³/mol. The largest absolute Gasteiger partial charge is 0.466 e. The lowest BCUT2D eigenvalue weighted by molar-refractivity contribution is -0.143. The van der Waals surface area contributed by atoms with Crippen LogP contribution in [0.5, 0.6) is 0 Å². The van der Waals surface area contributed by atoms with Crippen LogP contribution in [0.1, 0.15) is 19.3 Å². The lowest BCUT2D eigenvalue weighted by Gasteiger charge is -2.42. The van der Waals surface area contributed by atoms with Gasteiger partial charge in [-0.2, -0.15) is 0 Å². The van der Waals surface area contributed by atoms with Gasteiger partial charge in [0.1, 0.15) is 0 Å². The molecule has 0 saturated heterocycles. The maximum absolute atomic E-state index is 11.8. The van der Waals surface area contributed by atoms with E-state index in [1.807, 2.05) is 0 Å². The van der Waals surface area contributed by atoms with Crippen molar-refractivity contribution in [3.63, 3.8) is 0 Å². The van der Waals surface area contributed by atoms with Gasteiger partial charge in [0.05, 0.1) is 25.4 Å². The number of rotatable bonds is 2. The first kappa shape index (κ1) is 10.8. The number of methoxy groups -OCH3 is 2. The molecule has 3 aliphatic carbocycles. The van der Waals surface area contributed by atoms with Crippen LogP contribution in [0.3, 0.4) is 0 Å². The van der Waals surface area contributed by atoms with E-state index in [-0.39, 0.29) is 23.8 Å². The standard InChI is InChI=1S/C13H16O4/c1-16-12(14)10-8-6-3-4-7(5-6)9(8)11(10)13(15)17-2/h6-9H,3-5H2,1-2H3/t6-,7+,8?,9?. The second-order valence-corrected chi connectivity index (χ2v) is 5.20. The SMILES string of the molecule is COC(=O)C1=C(C(=O)OC)C2C1[C@@H]1CC[C@H]2C1. The van der Waals surface area contributed by atoms with E-state index in [2.05, 4.69) is 0 Å². The first-order chi connectivity index (χ1) is 8.19. The number of hydrogen-bond donors (Lipinski definition) is 0. The first-order valence-corrected chi connectivity index (χ1v) is 6.09. The van der Waals surface area contributed by atoms with Gasteiger partial charge in [-0.25, -0.2) is 9.59 Å². The molecule has 0 heterocycles. The summed E-state index contributed by atoms with van der Waals surface area (Å²) in [6, 6.07) is 0. The fourth-order valence-corrected chi connectivity index (χ4v) is 4.10. The summed E-state index contributed by atoms with van der Waals surface area (Å²) in [5.74, 6) is 0.976. The van der Waals surface area contributed by atoms with Gasteiger partial charge in [-0.1, -0.05) is 0 Å². The molecule has 2 saturated carbocycles. The number of hydrogen-bond acceptors (Lipinski definition) is 4. The fourth-order valence-electron chi connectivity index (χ4n) is 4.10. The van der Waals surface area contributed by atoms with Gasteiger partial charge in [-0.3, -0.25) is 0 Å². The zero-order valence-corrected chi connectivity index (χ0v) is 10.1. The summed E-state index contributed by atoms with van der Waals surface area (Å²) in [4.78, 5) is 23.5. The van der Waals surface area contributed by atoms with Crippen LogP contribution in [0.15, 0.2) is 11.1 Å². The van der Waals surface area contributed by atoms with Crippen LogP contribution < -0.4 is 0 Å². The highest BCUT2D eigenvalue weighted by molar-refractivity contribution is 6.04. The molecule has 3 aliphatic rings. The summed E-state index contributed by atoms with van der Waals surface area (Å²) in [5.41, 5.74) is 1.19. The van der Waals surface area contributed by atoms with E-state index in [1.165, 1.54) is 27.1 Å². The highest BCUT2D eigenvalue weighted by atomic mass is 16.5. The van der Waals surface area contributed by atoms with Crippen LogP contribution in [0.25, 0.3) is 0 Å². The maximum atomic E-state index is 11.8. The van der Waals surface area contributed by atoms with Gasteiger partial charge < -0.3 is 9.47 Å². The van der Waals surface area contributed by atoms with Crippen molar-refractivity contribution in [1.29, 1.82) is 0 Å². The Labute approximate surface area is 100.0 Å². The van der Waals surface area contributed by atoms with Crippen molar-refractivity contribution in [3.8, 4) is 0 Å². The van der Waals surface area contributed by atoms with Gasteiger partial charge in [0.25, 0.3) is 0 Å². The number of carbonyl (C=O) groups is 2. The van der Waals surface area contributed by atoms with E-state index in [0.29, 0.717) is 23.0 Å². The Kier molecular flexibility index (Phi) is 2.28. The Hall–Kier alpha value is -1.32. The monoisotopic (exact) mass is 236 g/mol. The summed E-state index contributed by atoms with van der Waals surface area (Å²) in [6.45, 7) is 0. The smallest absolute Gasteiger partial charge is 0.334 e. The van der Waals surface area contributed by atoms with Crippen molar-refractivity contribution in [2.45, 2.75) is 19.3 Å². The topological polar surface area (TPSA) is 52.6 Å². The predicted octanol–water partition coefficient (Wildman–Crippen LogP) is 1.30. The Bertz CT molecular complexity index is 385. The van der Waals surface area contributed by atoms with Crippen molar-refractivity contribution in [2.75, 3.05) is 14.2 Å². The third-order valence-corrected chi connectivity index (χ3v) is 4.68. The summed E-state index contributed by atoms with van der Waals surface area (Å²) in [6.07, 6.45) is 3.51. The second kappa shape index (κ2) is 3.59. The van der Waals surface area contributed by atoms with Gasteiger partial charge in [0.2, 0.25) is 0 Å². The van der Waals surface area contributed by atoms with Crippen molar-refractivity contribution in [2.24, 2.45) is 23.7 Å². The molecule has 0 spiro atoms. The third-order valence-electron chi connectivity index (χ3n) is 4.68. The third kappa shape index (κ3) is 1.24. The fraction of sp³-hybridized carbons (Fsp3) is 0.692. The first-order valence-electron chi connectivity index (χ1n) is 6.09. The van der Waals surface area contributed by atoms with Gasteiger partial charge >= 0.3 is 11.9 Å². The highest BCUT2D eigenvalue weighted by Gasteiger charge is 2.60. The molecule has 2 bridgehead atoms. The Balaban J connectivity index is 2.00. The molecular formula is C13H16O4. The van der Waals surface area contributed by atoms with Crippen LogP contribution in [0.4, 0.5) is 0 Å². The summed E-state index contributed by atoms with van der Waals surface area (Å²) in [5, 5.41) is 0. The minimum absolute atomic E-state index is 0.260. The lowest BCUT2D eigenvalue weighted by Crippen LogP contribution is -2.42. The van der Waals surface area contributed by atoms with Crippen LogP contribution in [0, 0.1) is 23.7 Å². The number of esters is 2. The molecule has 2 unspecified atom stereocenters. The van der Waals surface area contributed by atoms with Crippen molar-refractivity contribution in [3.05, 3.63) is 11.1 Å². The van der Waals surface area contributed by atoms with E-state index in [1.54, 1.807) is 0 Å². The van der Waals surface area contributed by atoms with Crippen LogP contribution in [-0.4, -0.2) is 26.2 Å². The molecule has 0 N–H and O–H groups in total. The Morgan fingerprint density at radius 2 is 1.35 bits per heavy atom. The molecule has 0 aromatic rings. The summed E-state index contributed by atoms with van der Waals surface area (Å²) >= 11 is 0. The molecule has 0 radical (unpaired) electrons. The molecule has 0 amide bonds. The van der Waals surface area contributed by atoms with Gasteiger partial charge in [0, 0.05) is 11.8 Å². The summed E-state index contributed by atoms with van der Waals surface area (Å²) in [7, 11) is 2.73. The lowest BCUT2D eigenvalue weighted by atomic mass is 9.61. The zero-order chi connectivity index (χ0) is 12.2. The second-order valence-electron chi connectivity index (χ2n) is 5.20. The van der Waals surface area contributed by atoms with Crippen LogP contribution in [0.2, 0.25) is 0 Å². The normalized spacial score (nSPS) is 37.5. The average Bonchev–Trinajstić information content (AvgIpc) is 2.86. The molecule has 0 aromatic carbocycles. The minimum atomic E-state index is -0.348. The minimum Gasteiger partial charge on any atom is -0.466 e. The zero-order valence-electron chi connectivity index (χ0n) is 10.1. The van der Waals surface area contributed by atoms with Crippen LogP contribution >= 0.6 is 0 Å². The molecule has 0 aromatic heterocycles. The van der Waals surface area contributed by atoms with Crippen LogP contribution in [-0.2, 0) is 19.1 Å². The molecule has 2 fully saturated rings. The van der Waals surface area contributed by atoms with Crippen molar-refractivity contribution in [1.82, 2.24) is 0 Å². The molecule has 92 valence electrons. The molecular weight excluding hydrogens is 220 g/mol. The number of fused-ring (bicyclic) bond motifs is 5. The van der Waals surface area contributed by atoms with E-state index >= 15 is 0 Å². The van der Waals surface area contributed by atoms with E-state index in [4.69, 9.17) is 9.47 Å². The molecule has 3 rings (SSSR count). The molecule has 17 heavy (non-hydrogen) atoms. The van der Waals surface area contributed by atoms with E-state index in [9.17, 15) is 9.59 Å². The summed E-state index contributed by atoms with van der Waals surface area (Å²) < 4.78 is 9.58. The Morgan fingerprint density at radius 3 is 1.71 bits per heavy atom. The quantitative estimate of drug-likeness (QED) is 0.678. The van der Waals surface area contributed by atoms with Crippen molar-refractivity contribution < 1.29 is 19.1 Å². The molecule has 4 nitrogen and oxygen atoms in total. The van der Waals surface area contributed by atoms with Gasteiger partial charge in [0.15, 0.2) is 0 Å². The molecule has 4 atom stereocenters. The van der Waals surface area contributed by atoms with E-state index in [0.717, 1.165) is 6.42 Å². The maximum Gasteiger partial charge on any atom is 0.334 e. The number of ether oxygens (including phenoxy) is 2. The molecule has 0 aliphatic heterocycles.